The maximum atomic E-state index is 5.93. The Morgan fingerprint density at radius 3 is 1.67 bits per heavy atom. The molecular formula is C28H38O5. The van der Waals surface area contributed by atoms with Gasteiger partial charge in [0.05, 0.1) is 25.4 Å². The molecule has 5 heteroatoms. The Kier molecular flexibility index (Phi) is 7.94. The SMILES string of the molecule is CC(COc1ccc(C(C)(C)c2ccc(OCC(C)OCC3CO3)cc2)cc1)OCC1CC1. The summed E-state index contributed by atoms with van der Waals surface area (Å²) in [4.78, 5) is 0. The highest BCUT2D eigenvalue weighted by molar-refractivity contribution is 5.41. The Balaban J connectivity index is 1.25. The van der Waals surface area contributed by atoms with E-state index >= 15 is 0 Å². The van der Waals surface area contributed by atoms with E-state index < -0.39 is 0 Å². The largest absolute Gasteiger partial charge is 0.491 e. The molecule has 2 aromatic carbocycles. The zero-order valence-electron chi connectivity index (χ0n) is 20.4. The lowest BCUT2D eigenvalue weighted by Gasteiger charge is -2.26. The third-order valence-corrected chi connectivity index (χ3v) is 6.40. The van der Waals surface area contributed by atoms with Crippen LogP contribution in [0.4, 0.5) is 0 Å². The summed E-state index contributed by atoms with van der Waals surface area (Å²) < 4.78 is 28.6. The quantitative estimate of drug-likeness (QED) is 0.358. The van der Waals surface area contributed by atoms with Crippen molar-refractivity contribution in [2.75, 3.05) is 33.0 Å². The van der Waals surface area contributed by atoms with Crippen molar-refractivity contribution in [3.05, 3.63) is 59.7 Å². The second-order valence-electron chi connectivity index (χ2n) is 9.98. The Morgan fingerprint density at radius 2 is 1.24 bits per heavy atom. The first-order valence-electron chi connectivity index (χ1n) is 12.2. The molecule has 4 rings (SSSR count). The molecule has 0 amide bonds. The second kappa shape index (κ2) is 10.9. The first-order chi connectivity index (χ1) is 15.9. The molecule has 0 spiro atoms. The summed E-state index contributed by atoms with van der Waals surface area (Å²) in [6.45, 7) is 12.0. The van der Waals surface area contributed by atoms with Crippen molar-refractivity contribution in [3.63, 3.8) is 0 Å². The summed E-state index contributed by atoms with van der Waals surface area (Å²) >= 11 is 0. The number of epoxide rings is 1. The molecule has 1 saturated carbocycles. The van der Waals surface area contributed by atoms with Gasteiger partial charge in [0.25, 0.3) is 0 Å². The molecule has 1 aliphatic heterocycles. The zero-order chi connectivity index (χ0) is 23.3. The van der Waals surface area contributed by atoms with E-state index in [4.69, 9.17) is 23.7 Å². The highest BCUT2D eigenvalue weighted by Gasteiger charge is 2.25. The fraction of sp³-hybridized carbons (Fsp3) is 0.571. The van der Waals surface area contributed by atoms with Crippen LogP contribution in [-0.2, 0) is 19.6 Å². The van der Waals surface area contributed by atoms with E-state index in [2.05, 4.69) is 57.2 Å². The standard InChI is InChI=1S/C28H38O5/c1-20(29-17-22-5-6-22)15-31-25-11-7-23(8-12-25)28(3,4)24-9-13-26(14-10-24)32-16-21(2)30-18-27-19-33-27/h7-14,20-22,27H,5-6,15-19H2,1-4H3. The maximum absolute atomic E-state index is 5.93. The fourth-order valence-electron chi connectivity index (χ4n) is 3.65. The van der Waals surface area contributed by atoms with Crippen LogP contribution in [0.3, 0.4) is 0 Å². The van der Waals surface area contributed by atoms with Crippen molar-refractivity contribution in [1.29, 1.82) is 0 Å². The van der Waals surface area contributed by atoms with Gasteiger partial charge in [-0.15, -0.1) is 0 Å². The van der Waals surface area contributed by atoms with Crippen LogP contribution in [0, 0.1) is 5.92 Å². The molecule has 5 nitrogen and oxygen atoms in total. The van der Waals surface area contributed by atoms with Gasteiger partial charge in [0.1, 0.15) is 30.8 Å². The molecular weight excluding hydrogens is 416 g/mol. The van der Waals surface area contributed by atoms with E-state index in [1.54, 1.807) is 0 Å². The minimum absolute atomic E-state index is 0.0406. The van der Waals surface area contributed by atoms with Gasteiger partial charge in [-0.2, -0.15) is 0 Å². The topological polar surface area (TPSA) is 49.5 Å². The molecule has 3 atom stereocenters. The molecule has 3 unspecified atom stereocenters. The van der Waals surface area contributed by atoms with Crippen LogP contribution in [0.5, 0.6) is 11.5 Å². The fourth-order valence-corrected chi connectivity index (χ4v) is 3.65. The summed E-state index contributed by atoms with van der Waals surface area (Å²) in [6, 6.07) is 16.8. The number of benzene rings is 2. The summed E-state index contributed by atoms with van der Waals surface area (Å²) in [6.07, 6.45) is 3.06. The number of ether oxygens (including phenoxy) is 5. The van der Waals surface area contributed by atoms with Crippen LogP contribution >= 0.6 is 0 Å². The summed E-state index contributed by atoms with van der Waals surface area (Å²) in [7, 11) is 0. The lowest BCUT2D eigenvalue weighted by atomic mass is 9.78. The summed E-state index contributed by atoms with van der Waals surface area (Å²) in [5.41, 5.74) is 2.35. The third-order valence-electron chi connectivity index (χ3n) is 6.40. The number of rotatable bonds is 14. The average Bonchev–Trinajstić information content (AvgIpc) is 3.74. The predicted octanol–water partition coefficient (Wildman–Crippen LogP) is 5.39. The van der Waals surface area contributed by atoms with Crippen LogP contribution in [0.2, 0.25) is 0 Å². The average molecular weight is 455 g/mol. The minimum atomic E-state index is -0.127. The molecule has 180 valence electrons. The predicted molar refractivity (Wildman–Crippen MR) is 129 cm³/mol. The van der Waals surface area contributed by atoms with Gasteiger partial charge in [0.2, 0.25) is 0 Å². The van der Waals surface area contributed by atoms with Gasteiger partial charge >= 0.3 is 0 Å². The van der Waals surface area contributed by atoms with E-state index in [9.17, 15) is 0 Å². The highest BCUT2D eigenvalue weighted by Crippen LogP contribution is 2.33. The van der Waals surface area contributed by atoms with Crippen molar-refractivity contribution >= 4 is 0 Å². The van der Waals surface area contributed by atoms with E-state index in [0.29, 0.717) is 19.8 Å². The van der Waals surface area contributed by atoms with Crippen LogP contribution in [0.1, 0.15) is 51.7 Å². The highest BCUT2D eigenvalue weighted by atomic mass is 16.6. The molecule has 0 bridgehead atoms. The molecule has 2 aromatic rings. The van der Waals surface area contributed by atoms with E-state index in [-0.39, 0.29) is 23.7 Å². The summed E-state index contributed by atoms with van der Waals surface area (Å²) in [5, 5.41) is 0. The van der Waals surface area contributed by atoms with E-state index in [1.807, 2.05) is 19.1 Å². The van der Waals surface area contributed by atoms with Gasteiger partial charge in [-0.05, 0) is 68.0 Å². The van der Waals surface area contributed by atoms with Crippen LogP contribution < -0.4 is 9.47 Å². The first kappa shape index (κ1) is 24.1. The van der Waals surface area contributed by atoms with E-state index in [0.717, 1.165) is 30.6 Å². The number of hydrogen-bond acceptors (Lipinski definition) is 5. The molecule has 1 heterocycles. The number of hydrogen-bond donors (Lipinski definition) is 0. The zero-order valence-corrected chi connectivity index (χ0v) is 20.4. The molecule has 2 aliphatic rings. The van der Waals surface area contributed by atoms with Gasteiger partial charge in [-0.25, -0.2) is 0 Å². The lowest BCUT2D eigenvalue weighted by Crippen LogP contribution is -2.21. The molecule has 0 radical (unpaired) electrons. The van der Waals surface area contributed by atoms with Crippen molar-refractivity contribution in [1.82, 2.24) is 0 Å². The second-order valence-corrected chi connectivity index (χ2v) is 9.98. The van der Waals surface area contributed by atoms with Crippen molar-refractivity contribution in [3.8, 4) is 11.5 Å². The van der Waals surface area contributed by atoms with Gasteiger partial charge in [0, 0.05) is 12.0 Å². The van der Waals surface area contributed by atoms with Gasteiger partial charge < -0.3 is 23.7 Å². The normalized spacial score (nSPS) is 19.7. The van der Waals surface area contributed by atoms with Crippen molar-refractivity contribution < 1.29 is 23.7 Å². The summed E-state index contributed by atoms with van der Waals surface area (Å²) in [5.74, 6) is 2.51. The first-order valence-corrected chi connectivity index (χ1v) is 12.2. The van der Waals surface area contributed by atoms with Gasteiger partial charge in [-0.1, -0.05) is 38.1 Å². The molecule has 0 N–H and O–H groups in total. The lowest BCUT2D eigenvalue weighted by molar-refractivity contribution is 0.0241. The Morgan fingerprint density at radius 1 is 0.788 bits per heavy atom. The maximum Gasteiger partial charge on any atom is 0.119 e. The third kappa shape index (κ3) is 7.46. The van der Waals surface area contributed by atoms with Gasteiger partial charge in [0.15, 0.2) is 0 Å². The van der Waals surface area contributed by atoms with Crippen molar-refractivity contribution in [2.45, 2.75) is 64.3 Å². The van der Waals surface area contributed by atoms with Crippen LogP contribution in [0.25, 0.3) is 0 Å². The minimum Gasteiger partial charge on any atom is -0.491 e. The molecule has 0 aromatic heterocycles. The van der Waals surface area contributed by atoms with Crippen LogP contribution in [-0.4, -0.2) is 51.3 Å². The molecule has 33 heavy (non-hydrogen) atoms. The molecule has 2 fully saturated rings. The van der Waals surface area contributed by atoms with E-state index in [1.165, 1.54) is 24.0 Å². The van der Waals surface area contributed by atoms with Crippen LogP contribution in [0.15, 0.2) is 48.5 Å². The monoisotopic (exact) mass is 454 g/mol. The van der Waals surface area contributed by atoms with Gasteiger partial charge in [-0.3, -0.25) is 0 Å². The molecule has 1 saturated heterocycles. The smallest absolute Gasteiger partial charge is 0.119 e. The Hall–Kier alpha value is -2.08. The molecule has 1 aliphatic carbocycles. The Bertz CT molecular complexity index is 781. The Labute approximate surface area is 198 Å². The van der Waals surface area contributed by atoms with Crippen molar-refractivity contribution in [2.24, 2.45) is 5.92 Å².